The molecule has 1 rings (SSSR count). The summed E-state index contributed by atoms with van der Waals surface area (Å²) in [6.45, 7) is -2.23. The van der Waals surface area contributed by atoms with Crippen LogP contribution in [0.1, 0.15) is 11.6 Å². The van der Waals surface area contributed by atoms with E-state index < -0.39 is 16.4 Å². The van der Waals surface area contributed by atoms with Gasteiger partial charge in [0.15, 0.2) is 0 Å². The second-order valence-corrected chi connectivity index (χ2v) is 7.07. The number of benzene rings is 1. The Hall–Kier alpha value is -1.25. The third kappa shape index (κ3) is 6.36. The Kier molecular flexibility index (Phi) is 6.50. The SMILES string of the molecule is CN(CCS(C)(=O)=O)C(CN)c1ccc(OC(F)F)cc1. The molecule has 0 saturated carbocycles. The van der Waals surface area contributed by atoms with Crippen LogP contribution in [-0.4, -0.2) is 52.1 Å². The van der Waals surface area contributed by atoms with Gasteiger partial charge in [-0.05, 0) is 24.7 Å². The highest BCUT2D eigenvalue weighted by atomic mass is 32.2. The molecule has 1 unspecified atom stereocenters. The third-order valence-electron chi connectivity index (χ3n) is 3.06. The number of halogens is 2. The molecule has 0 aliphatic carbocycles. The van der Waals surface area contributed by atoms with E-state index in [-0.39, 0.29) is 24.1 Å². The first kappa shape index (κ1) is 17.8. The molecule has 1 aromatic carbocycles. The minimum atomic E-state index is -3.05. The summed E-state index contributed by atoms with van der Waals surface area (Å²) in [5.41, 5.74) is 6.54. The summed E-state index contributed by atoms with van der Waals surface area (Å²) in [4.78, 5) is 1.82. The van der Waals surface area contributed by atoms with E-state index in [2.05, 4.69) is 4.74 Å². The molecule has 2 N–H and O–H groups in total. The lowest BCUT2D eigenvalue weighted by molar-refractivity contribution is -0.0498. The zero-order valence-electron chi connectivity index (χ0n) is 12.0. The number of nitrogens with two attached hydrogens (primary N) is 1. The fraction of sp³-hybridized carbons (Fsp3) is 0.538. The number of likely N-dealkylation sites (N-methyl/N-ethyl adjacent to an activating group) is 1. The van der Waals surface area contributed by atoms with Crippen molar-refractivity contribution in [2.24, 2.45) is 5.73 Å². The first-order valence-electron chi connectivity index (χ1n) is 6.35. The first-order chi connectivity index (χ1) is 9.73. The molecule has 0 fully saturated rings. The highest BCUT2D eigenvalue weighted by molar-refractivity contribution is 7.90. The van der Waals surface area contributed by atoms with Gasteiger partial charge in [0.1, 0.15) is 15.6 Å². The summed E-state index contributed by atoms with van der Waals surface area (Å²) in [5.74, 6) is 0.107. The first-order valence-corrected chi connectivity index (χ1v) is 8.42. The molecule has 0 bridgehead atoms. The summed E-state index contributed by atoms with van der Waals surface area (Å²) in [7, 11) is -1.28. The quantitative estimate of drug-likeness (QED) is 0.780. The zero-order valence-corrected chi connectivity index (χ0v) is 12.8. The van der Waals surface area contributed by atoms with Crippen LogP contribution in [0.4, 0.5) is 8.78 Å². The van der Waals surface area contributed by atoms with Crippen molar-refractivity contribution in [1.29, 1.82) is 0 Å². The molecule has 0 amide bonds. The Morgan fingerprint density at radius 1 is 1.29 bits per heavy atom. The molecule has 5 nitrogen and oxygen atoms in total. The molecule has 21 heavy (non-hydrogen) atoms. The van der Waals surface area contributed by atoms with Crippen LogP contribution in [-0.2, 0) is 9.84 Å². The molecule has 8 heteroatoms. The van der Waals surface area contributed by atoms with Crippen molar-refractivity contribution in [1.82, 2.24) is 4.90 Å². The molecule has 0 radical (unpaired) electrons. The Morgan fingerprint density at radius 2 is 1.86 bits per heavy atom. The maximum Gasteiger partial charge on any atom is 0.387 e. The van der Waals surface area contributed by atoms with Gasteiger partial charge in [-0.3, -0.25) is 4.90 Å². The lowest BCUT2D eigenvalue weighted by Gasteiger charge is -2.27. The standard InChI is InChI=1S/C13H20F2N2O3S/c1-17(7-8-21(2,18)19)12(9-16)10-3-5-11(6-4-10)20-13(14)15/h3-6,12-13H,7-9,16H2,1-2H3. The lowest BCUT2D eigenvalue weighted by atomic mass is 10.1. The fourth-order valence-electron chi connectivity index (χ4n) is 1.91. The Labute approximate surface area is 123 Å². The van der Waals surface area contributed by atoms with E-state index in [0.717, 1.165) is 5.56 Å². The summed E-state index contributed by atoms with van der Waals surface area (Å²) in [6, 6.07) is 5.98. The van der Waals surface area contributed by atoms with Crippen LogP contribution >= 0.6 is 0 Å². The van der Waals surface area contributed by atoms with Crippen LogP contribution < -0.4 is 10.5 Å². The predicted octanol–water partition coefficient (Wildman–Crippen LogP) is 1.26. The maximum absolute atomic E-state index is 12.1. The van der Waals surface area contributed by atoms with E-state index in [4.69, 9.17) is 5.73 Å². The second-order valence-electron chi connectivity index (χ2n) is 4.81. The molecular weight excluding hydrogens is 302 g/mol. The molecule has 0 spiro atoms. The molecule has 0 heterocycles. The van der Waals surface area contributed by atoms with Crippen LogP contribution in [0.25, 0.3) is 0 Å². The number of hydrogen-bond donors (Lipinski definition) is 1. The number of nitrogens with zero attached hydrogens (tertiary/aromatic N) is 1. The third-order valence-corrected chi connectivity index (χ3v) is 3.98. The van der Waals surface area contributed by atoms with Crippen LogP contribution in [0.5, 0.6) is 5.75 Å². The molecule has 1 atom stereocenters. The smallest absolute Gasteiger partial charge is 0.387 e. The number of ether oxygens (including phenoxy) is 1. The van der Waals surface area contributed by atoms with Crippen molar-refractivity contribution >= 4 is 9.84 Å². The van der Waals surface area contributed by atoms with Crippen LogP contribution in [0.15, 0.2) is 24.3 Å². The highest BCUT2D eigenvalue weighted by Crippen LogP contribution is 2.22. The minimum absolute atomic E-state index is 0.0343. The molecule has 0 saturated heterocycles. The predicted molar refractivity (Wildman–Crippen MR) is 77.2 cm³/mol. The molecule has 1 aromatic rings. The van der Waals surface area contributed by atoms with Crippen LogP contribution in [0, 0.1) is 0 Å². The van der Waals surface area contributed by atoms with Crippen molar-refractivity contribution in [3.8, 4) is 5.75 Å². The average Bonchev–Trinajstić information content (AvgIpc) is 2.38. The van der Waals surface area contributed by atoms with Crippen molar-refractivity contribution in [2.45, 2.75) is 12.7 Å². The number of sulfone groups is 1. The van der Waals surface area contributed by atoms with Gasteiger partial charge in [0.05, 0.1) is 5.75 Å². The molecule has 120 valence electrons. The van der Waals surface area contributed by atoms with E-state index in [0.29, 0.717) is 6.54 Å². The monoisotopic (exact) mass is 322 g/mol. The van der Waals surface area contributed by atoms with Gasteiger partial charge < -0.3 is 10.5 Å². The van der Waals surface area contributed by atoms with Gasteiger partial charge in [-0.25, -0.2) is 8.42 Å². The number of hydrogen-bond acceptors (Lipinski definition) is 5. The van der Waals surface area contributed by atoms with E-state index in [1.54, 1.807) is 19.2 Å². The number of rotatable bonds is 8. The maximum atomic E-state index is 12.1. The largest absolute Gasteiger partial charge is 0.435 e. The molecule has 0 aliphatic heterocycles. The molecule has 0 aromatic heterocycles. The van der Waals surface area contributed by atoms with Crippen LogP contribution in [0.3, 0.4) is 0 Å². The zero-order chi connectivity index (χ0) is 16.0. The van der Waals surface area contributed by atoms with Crippen molar-refractivity contribution in [3.63, 3.8) is 0 Å². The Bertz CT molecular complexity index is 535. The van der Waals surface area contributed by atoms with Crippen LogP contribution in [0.2, 0.25) is 0 Å². The summed E-state index contributed by atoms with van der Waals surface area (Å²) in [5, 5.41) is 0. The topological polar surface area (TPSA) is 72.6 Å². The Morgan fingerprint density at radius 3 is 2.29 bits per heavy atom. The van der Waals surface area contributed by atoms with Gasteiger partial charge in [0.25, 0.3) is 0 Å². The van der Waals surface area contributed by atoms with E-state index in [1.807, 2.05) is 4.90 Å². The highest BCUT2D eigenvalue weighted by Gasteiger charge is 2.17. The molecule has 0 aliphatic rings. The van der Waals surface area contributed by atoms with Crippen molar-refractivity contribution < 1.29 is 21.9 Å². The van der Waals surface area contributed by atoms with Gasteiger partial charge in [0, 0.05) is 25.4 Å². The van der Waals surface area contributed by atoms with E-state index >= 15 is 0 Å². The second kappa shape index (κ2) is 7.67. The lowest BCUT2D eigenvalue weighted by Crippen LogP contribution is -2.33. The summed E-state index contributed by atoms with van der Waals surface area (Å²) >= 11 is 0. The normalized spacial score (nSPS) is 13.7. The minimum Gasteiger partial charge on any atom is -0.435 e. The van der Waals surface area contributed by atoms with E-state index in [1.165, 1.54) is 18.4 Å². The average molecular weight is 322 g/mol. The van der Waals surface area contributed by atoms with Crippen molar-refractivity contribution in [3.05, 3.63) is 29.8 Å². The fourth-order valence-corrected chi connectivity index (χ4v) is 2.53. The van der Waals surface area contributed by atoms with Gasteiger partial charge in [-0.1, -0.05) is 12.1 Å². The van der Waals surface area contributed by atoms with Crippen molar-refractivity contribution in [2.75, 3.05) is 32.1 Å². The number of alkyl halides is 2. The summed E-state index contributed by atoms with van der Waals surface area (Å²) < 4.78 is 50.8. The molecular formula is C13H20F2N2O3S. The van der Waals surface area contributed by atoms with Gasteiger partial charge in [-0.2, -0.15) is 8.78 Å². The van der Waals surface area contributed by atoms with E-state index in [9.17, 15) is 17.2 Å². The summed E-state index contributed by atoms with van der Waals surface area (Å²) in [6.07, 6.45) is 1.18. The van der Waals surface area contributed by atoms with Gasteiger partial charge in [0.2, 0.25) is 0 Å². The Balaban J connectivity index is 2.75. The van der Waals surface area contributed by atoms with Gasteiger partial charge >= 0.3 is 6.61 Å². The van der Waals surface area contributed by atoms with Gasteiger partial charge in [-0.15, -0.1) is 0 Å².